The molecule has 3 aromatic rings. The SMILES string of the molecule is CC(=O)OC[C@H]1S[C@H](OC(=N)C(Cl)(Cl)Cl)[C@H](OC(C)=O)[C@@H](OC(C)=O)[C@@H]1OC(C)=O.O=C1[C@H](CC[C@H](O)c2ccc(F)cc2)[C@@H](c2ccc(O[C@@H]3S[C@H](CO)[C@@H](O)[C@H](O)[C@H]3O)cc2)N1c1ccc(F)cc1. The van der Waals surface area contributed by atoms with Gasteiger partial charge in [-0.1, -0.05) is 59.1 Å². The number of carbonyl (C=O) groups is 5. The molecule has 3 aromatic carbocycles. The van der Waals surface area contributed by atoms with Crippen LogP contribution in [0.25, 0.3) is 0 Å². The highest BCUT2D eigenvalue weighted by molar-refractivity contribution is 8.00. The molecule has 18 nitrogen and oxygen atoms in total. The summed E-state index contributed by atoms with van der Waals surface area (Å²) in [6, 6.07) is 17.6. The first kappa shape index (κ1) is 57.4. The molecule has 0 aromatic heterocycles. The van der Waals surface area contributed by atoms with Crippen molar-refractivity contribution in [3.05, 3.63) is 95.6 Å². The van der Waals surface area contributed by atoms with Gasteiger partial charge < -0.3 is 58.9 Å². The summed E-state index contributed by atoms with van der Waals surface area (Å²) in [5.41, 5.74) is -0.313. The second-order valence-corrected chi connectivity index (χ2v) is 21.2. The standard InChI is InChI=1S/C30H31F2NO7S.C16H20Cl3NO9S/c31-18-5-1-16(2-6-18)23(35)14-13-22-25(33(29(22)39)20-9-7-19(32)8-10-20)17-3-11-21(12-4-17)40-30-28(38)27(37)26(36)24(15-34)41-30;1-6(21)25-5-10-11(26-7(2)22)12(27-8(3)23)13(28-9(4)24)14(30-10)29-15(20)16(17,18)19/h1-12,22-28,30,34-38H,13-15H2;10-14,20H,5H2,1-4H3/t22-,23+,24-,25-,26-,27+,28-,30-;10-,11-,12+,13-,14+/m11/s1. The number of benzene rings is 3. The van der Waals surface area contributed by atoms with Crippen LogP contribution in [0.2, 0.25) is 0 Å². The number of hydrogen-bond donors (Lipinski definition) is 6. The first-order valence-corrected chi connectivity index (χ1v) is 24.6. The number of halogens is 5. The Morgan fingerprint density at radius 1 is 0.718 bits per heavy atom. The van der Waals surface area contributed by atoms with Crippen LogP contribution in [0.3, 0.4) is 0 Å². The number of aliphatic hydroxyl groups excluding tert-OH is 5. The smallest absolute Gasteiger partial charge is 0.303 e. The van der Waals surface area contributed by atoms with E-state index >= 15 is 0 Å². The summed E-state index contributed by atoms with van der Waals surface area (Å²) in [5, 5.41) is 56.9. The minimum absolute atomic E-state index is 0.169. The summed E-state index contributed by atoms with van der Waals surface area (Å²) in [6.07, 6.45) is -8.29. The molecular weight excluding hydrogens is 1040 g/mol. The third-order valence-electron chi connectivity index (χ3n) is 11.1. The first-order valence-electron chi connectivity index (χ1n) is 21.6. The Kier molecular flexibility index (Phi) is 20.6. The molecule has 3 saturated heterocycles. The number of esters is 4. The maximum Gasteiger partial charge on any atom is 0.303 e. The van der Waals surface area contributed by atoms with Gasteiger partial charge in [-0.15, -0.1) is 23.5 Å². The predicted octanol–water partition coefficient (Wildman–Crippen LogP) is 5.23. The molecule has 1 amide bonds. The molecule has 0 saturated carbocycles. The van der Waals surface area contributed by atoms with Gasteiger partial charge in [0.05, 0.1) is 41.3 Å². The second-order valence-electron chi connectivity index (χ2n) is 16.3. The molecule has 71 heavy (non-hydrogen) atoms. The number of nitrogens with one attached hydrogen (secondary N) is 1. The van der Waals surface area contributed by atoms with E-state index in [1.807, 2.05) is 0 Å². The van der Waals surface area contributed by atoms with Crippen molar-refractivity contribution in [2.45, 2.75) is 114 Å². The fraction of sp³-hybridized carbons (Fsp3) is 0.478. The number of amides is 1. The third-order valence-corrected chi connectivity index (χ3v) is 14.4. The van der Waals surface area contributed by atoms with Crippen LogP contribution in [-0.2, 0) is 47.7 Å². The molecule has 0 aliphatic carbocycles. The zero-order valence-corrected chi connectivity index (χ0v) is 42.0. The Bertz CT molecular complexity index is 2340. The topological polar surface area (TPSA) is 269 Å². The minimum atomic E-state index is -2.23. The Morgan fingerprint density at radius 2 is 1.25 bits per heavy atom. The fourth-order valence-electron chi connectivity index (χ4n) is 7.80. The average molecular weight is 1100 g/mol. The Hall–Kier alpha value is -4.49. The highest BCUT2D eigenvalue weighted by Gasteiger charge is 2.54. The van der Waals surface area contributed by atoms with Crippen LogP contribution in [0, 0.1) is 23.0 Å². The van der Waals surface area contributed by atoms with Gasteiger partial charge in [-0.05, 0) is 72.5 Å². The summed E-state index contributed by atoms with van der Waals surface area (Å²) < 4.78 is 56.6. The van der Waals surface area contributed by atoms with E-state index in [1.54, 1.807) is 29.2 Å². The fourth-order valence-corrected chi connectivity index (χ4v) is 10.5. The minimum Gasteiger partial charge on any atom is -0.477 e. The van der Waals surface area contributed by atoms with Crippen LogP contribution < -0.4 is 9.64 Å². The molecule has 13 atom stereocenters. The van der Waals surface area contributed by atoms with Gasteiger partial charge in [0.1, 0.15) is 36.2 Å². The largest absolute Gasteiger partial charge is 0.477 e. The van der Waals surface area contributed by atoms with Crippen molar-refractivity contribution in [1.29, 1.82) is 5.41 Å². The van der Waals surface area contributed by atoms with Crippen molar-refractivity contribution in [1.82, 2.24) is 0 Å². The van der Waals surface area contributed by atoms with Crippen LogP contribution in [0.4, 0.5) is 14.5 Å². The zero-order valence-electron chi connectivity index (χ0n) is 38.1. The number of thioether (sulfide) groups is 2. The van der Waals surface area contributed by atoms with Crippen LogP contribution in [-0.4, -0.2) is 136 Å². The van der Waals surface area contributed by atoms with Gasteiger partial charge in [-0.2, -0.15) is 0 Å². The number of ether oxygens (including phenoxy) is 6. The number of rotatable bonds is 15. The molecule has 6 rings (SSSR count). The zero-order chi connectivity index (χ0) is 52.5. The number of β-lactam (4-membered cyclic amide) rings is 1. The summed E-state index contributed by atoms with van der Waals surface area (Å²) in [7, 11) is 0. The molecule has 25 heteroatoms. The van der Waals surface area contributed by atoms with Gasteiger partial charge in [-0.25, -0.2) is 8.78 Å². The number of aliphatic hydroxyl groups is 5. The van der Waals surface area contributed by atoms with Gasteiger partial charge in [0, 0.05) is 33.4 Å². The summed E-state index contributed by atoms with van der Waals surface area (Å²) >= 11 is 18.9. The van der Waals surface area contributed by atoms with Gasteiger partial charge >= 0.3 is 23.9 Å². The van der Waals surface area contributed by atoms with Crippen molar-refractivity contribution >= 4 is 99.7 Å². The van der Waals surface area contributed by atoms with Crippen molar-refractivity contribution in [3.63, 3.8) is 0 Å². The number of nitrogens with zero attached hydrogens (tertiary/aromatic N) is 1. The van der Waals surface area contributed by atoms with E-state index in [9.17, 15) is 58.3 Å². The molecule has 0 spiro atoms. The summed E-state index contributed by atoms with van der Waals surface area (Å²) in [4.78, 5) is 61.1. The Morgan fingerprint density at radius 3 is 1.79 bits per heavy atom. The Labute approximate surface area is 429 Å². The number of anilines is 1. The van der Waals surface area contributed by atoms with Crippen LogP contribution >= 0.6 is 58.3 Å². The molecule has 3 heterocycles. The lowest BCUT2D eigenvalue weighted by Gasteiger charge is -2.48. The van der Waals surface area contributed by atoms with E-state index in [-0.39, 0.29) is 18.9 Å². The van der Waals surface area contributed by atoms with Crippen LogP contribution in [0.5, 0.6) is 5.75 Å². The molecule has 0 unspecified atom stereocenters. The molecule has 6 N–H and O–H groups in total. The monoisotopic (exact) mass is 1090 g/mol. The lowest BCUT2D eigenvalue weighted by Crippen LogP contribution is -2.59. The second kappa shape index (κ2) is 25.4. The molecule has 0 bridgehead atoms. The van der Waals surface area contributed by atoms with Gasteiger partial charge in [0.15, 0.2) is 29.2 Å². The van der Waals surface area contributed by atoms with E-state index in [0.717, 1.165) is 49.9 Å². The lowest BCUT2D eigenvalue weighted by atomic mass is 9.78. The van der Waals surface area contributed by atoms with Crippen molar-refractivity contribution in [2.24, 2.45) is 5.92 Å². The Balaban J connectivity index is 0.000000279. The normalized spacial score (nSPS) is 27.6. The van der Waals surface area contributed by atoms with E-state index < -0.39 is 128 Å². The van der Waals surface area contributed by atoms with E-state index in [1.165, 1.54) is 55.5 Å². The average Bonchev–Trinajstić information content (AvgIpc) is 3.30. The van der Waals surface area contributed by atoms with E-state index in [0.29, 0.717) is 23.4 Å². The maximum atomic E-state index is 13.6. The quantitative estimate of drug-likeness (QED) is 0.0284. The van der Waals surface area contributed by atoms with Crippen molar-refractivity contribution in [3.8, 4) is 5.75 Å². The van der Waals surface area contributed by atoms with Crippen molar-refractivity contribution in [2.75, 3.05) is 18.1 Å². The van der Waals surface area contributed by atoms with Gasteiger partial charge in [0.2, 0.25) is 11.8 Å². The summed E-state index contributed by atoms with van der Waals surface area (Å²) in [5.74, 6) is -4.78. The first-order chi connectivity index (χ1) is 33.4. The molecule has 3 aliphatic heterocycles. The number of carbonyl (C=O) groups excluding carboxylic acids is 5. The summed E-state index contributed by atoms with van der Waals surface area (Å²) in [6.45, 7) is 3.81. The van der Waals surface area contributed by atoms with E-state index in [2.05, 4.69) is 0 Å². The maximum absolute atomic E-state index is 13.6. The number of hydrogen-bond acceptors (Lipinski definition) is 19. The molecule has 3 fully saturated rings. The lowest BCUT2D eigenvalue weighted by molar-refractivity contribution is -0.190. The predicted molar refractivity (Wildman–Crippen MR) is 256 cm³/mol. The van der Waals surface area contributed by atoms with Gasteiger partial charge in [-0.3, -0.25) is 29.4 Å². The highest BCUT2D eigenvalue weighted by atomic mass is 35.6. The molecular formula is C46H51Cl3F2N2O16S2. The molecule has 3 aliphatic rings. The highest BCUT2D eigenvalue weighted by Crippen LogP contribution is 2.47. The van der Waals surface area contributed by atoms with Crippen LogP contribution in [0.1, 0.15) is 63.8 Å². The third kappa shape index (κ3) is 15.3. The van der Waals surface area contributed by atoms with E-state index in [4.69, 9.17) is 68.6 Å². The number of alkyl halides is 3. The molecule has 0 radical (unpaired) electrons. The van der Waals surface area contributed by atoms with Crippen molar-refractivity contribution < 1.29 is 86.7 Å². The molecule has 388 valence electrons. The van der Waals surface area contributed by atoms with Gasteiger partial charge in [0.25, 0.3) is 3.79 Å². The van der Waals surface area contributed by atoms with Crippen LogP contribution in [0.15, 0.2) is 72.8 Å².